The lowest BCUT2D eigenvalue weighted by molar-refractivity contribution is 0.134. The van der Waals surface area contributed by atoms with E-state index >= 15 is 0 Å². The van der Waals surface area contributed by atoms with Crippen LogP contribution in [0.5, 0.6) is 0 Å². The van der Waals surface area contributed by atoms with Crippen molar-refractivity contribution in [3.63, 3.8) is 0 Å². The molecule has 0 saturated carbocycles. The molecule has 0 aliphatic rings. The molecule has 0 atom stereocenters. The zero-order valence-electron chi connectivity index (χ0n) is 12.3. The van der Waals surface area contributed by atoms with E-state index in [1.54, 1.807) is 55.3 Å². The summed E-state index contributed by atoms with van der Waals surface area (Å²) < 4.78 is 1.68. The molecular formula is C15H16N6O. The molecule has 0 aliphatic carbocycles. The topological polar surface area (TPSA) is 103 Å². The van der Waals surface area contributed by atoms with Gasteiger partial charge in [-0.25, -0.2) is 9.67 Å². The maximum atomic E-state index is 9.75. The summed E-state index contributed by atoms with van der Waals surface area (Å²) in [5.41, 5.74) is 6.30. The maximum Gasteiger partial charge on any atom is 0.221 e. The Kier molecular flexibility index (Phi) is 3.34. The second kappa shape index (κ2) is 5.19. The first-order chi connectivity index (χ1) is 10.4. The second-order valence-corrected chi connectivity index (χ2v) is 5.48. The maximum absolute atomic E-state index is 9.75. The standard InChI is InChI=1S/C15H16N6O/c1-15(2,22)5-3-11-7-12-10(8-18-11)9-19-21(12)13-4-6-17-14(16)20-13/h3-9,22H,1-2H3,(H2,16,17,20)/b5-3+. The number of hydrogen-bond donors (Lipinski definition) is 2. The van der Waals surface area contributed by atoms with E-state index in [1.165, 1.54) is 0 Å². The zero-order valence-corrected chi connectivity index (χ0v) is 12.3. The van der Waals surface area contributed by atoms with Gasteiger partial charge in [-0.2, -0.15) is 10.1 Å². The van der Waals surface area contributed by atoms with Gasteiger partial charge in [0, 0.05) is 23.8 Å². The smallest absolute Gasteiger partial charge is 0.221 e. The van der Waals surface area contributed by atoms with Crippen LogP contribution in [0.3, 0.4) is 0 Å². The summed E-state index contributed by atoms with van der Waals surface area (Å²) in [6.45, 7) is 3.41. The van der Waals surface area contributed by atoms with Crippen LogP contribution < -0.4 is 5.73 Å². The Morgan fingerprint density at radius 1 is 1.27 bits per heavy atom. The molecular weight excluding hydrogens is 280 g/mol. The molecule has 112 valence electrons. The molecule has 0 bridgehead atoms. The number of nitrogens with zero attached hydrogens (tertiary/aromatic N) is 5. The SMILES string of the molecule is CC(C)(O)/C=C/c1cc2c(cn1)cnn2-c1ccnc(N)n1. The lowest BCUT2D eigenvalue weighted by Crippen LogP contribution is -2.13. The van der Waals surface area contributed by atoms with Crippen LogP contribution in [0.2, 0.25) is 0 Å². The van der Waals surface area contributed by atoms with Crippen LogP contribution >= 0.6 is 0 Å². The lowest BCUT2D eigenvalue weighted by Gasteiger charge is -2.09. The molecule has 0 spiro atoms. The Morgan fingerprint density at radius 2 is 2.09 bits per heavy atom. The van der Waals surface area contributed by atoms with E-state index in [4.69, 9.17) is 5.73 Å². The summed E-state index contributed by atoms with van der Waals surface area (Å²) in [5, 5.41) is 15.0. The highest BCUT2D eigenvalue weighted by molar-refractivity contribution is 5.80. The largest absolute Gasteiger partial charge is 0.386 e. The van der Waals surface area contributed by atoms with E-state index < -0.39 is 5.60 Å². The van der Waals surface area contributed by atoms with Crippen LogP contribution in [0.15, 0.2) is 36.8 Å². The van der Waals surface area contributed by atoms with Crippen molar-refractivity contribution in [1.29, 1.82) is 0 Å². The molecule has 0 aliphatic heterocycles. The highest BCUT2D eigenvalue weighted by atomic mass is 16.3. The van der Waals surface area contributed by atoms with E-state index in [0.29, 0.717) is 5.82 Å². The van der Waals surface area contributed by atoms with E-state index in [9.17, 15) is 5.11 Å². The molecule has 7 nitrogen and oxygen atoms in total. The van der Waals surface area contributed by atoms with Crippen LogP contribution in [0.4, 0.5) is 5.95 Å². The third-order valence-electron chi connectivity index (χ3n) is 3.01. The van der Waals surface area contributed by atoms with Crippen molar-refractivity contribution in [2.45, 2.75) is 19.4 Å². The van der Waals surface area contributed by atoms with Crippen LogP contribution in [0.1, 0.15) is 19.5 Å². The summed E-state index contributed by atoms with van der Waals surface area (Å²) in [7, 11) is 0. The minimum Gasteiger partial charge on any atom is -0.386 e. The van der Waals surface area contributed by atoms with Gasteiger partial charge in [0.1, 0.15) is 0 Å². The average molecular weight is 296 g/mol. The molecule has 0 unspecified atom stereocenters. The number of pyridine rings is 1. The Hall–Kier alpha value is -2.80. The lowest BCUT2D eigenvalue weighted by atomic mass is 10.1. The van der Waals surface area contributed by atoms with Gasteiger partial charge in [-0.05, 0) is 26.0 Å². The molecule has 3 aromatic rings. The van der Waals surface area contributed by atoms with Crippen LogP contribution in [0.25, 0.3) is 22.8 Å². The fourth-order valence-corrected chi connectivity index (χ4v) is 1.98. The van der Waals surface area contributed by atoms with Crippen molar-refractivity contribution in [1.82, 2.24) is 24.7 Å². The van der Waals surface area contributed by atoms with Crippen molar-refractivity contribution >= 4 is 22.9 Å². The number of rotatable bonds is 3. The molecule has 0 radical (unpaired) electrons. The summed E-state index contributed by atoms with van der Waals surface area (Å²) in [6, 6.07) is 3.61. The van der Waals surface area contributed by atoms with Gasteiger partial charge < -0.3 is 10.8 Å². The molecule has 0 aromatic carbocycles. The number of hydrogen-bond acceptors (Lipinski definition) is 6. The van der Waals surface area contributed by atoms with Crippen LogP contribution in [-0.4, -0.2) is 35.4 Å². The average Bonchev–Trinajstić information content (AvgIpc) is 2.87. The predicted molar refractivity (Wildman–Crippen MR) is 84.2 cm³/mol. The van der Waals surface area contributed by atoms with Crippen molar-refractivity contribution in [2.24, 2.45) is 0 Å². The molecule has 0 amide bonds. The first-order valence-corrected chi connectivity index (χ1v) is 6.77. The van der Waals surface area contributed by atoms with Crippen molar-refractivity contribution < 1.29 is 5.11 Å². The number of aliphatic hydroxyl groups is 1. The summed E-state index contributed by atoms with van der Waals surface area (Å²) in [6.07, 6.45) is 8.48. The predicted octanol–water partition coefficient (Wildman–Crippen LogP) is 1.58. The van der Waals surface area contributed by atoms with Crippen molar-refractivity contribution in [3.8, 4) is 5.82 Å². The number of anilines is 1. The molecule has 0 saturated heterocycles. The third-order valence-corrected chi connectivity index (χ3v) is 3.01. The highest BCUT2D eigenvalue weighted by Gasteiger charge is 2.09. The van der Waals surface area contributed by atoms with Gasteiger partial charge in [-0.1, -0.05) is 6.08 Å². The fourth-order valence-electron chi connectivity index (χ4n) is 1.98. The Morgan fingerprint density at radius 3 is 2.82 bits per heavy atom. The quantitative estimate of drug-likeness (QED) is 0.760. The molecule has 3 heterocycles. The van der Waals surface area contributed by atoms with Gasteiger partial charge in [0.2, 0.25) is 5.95 Å². The molecule has 0 fully saturated rings. The third kappa shape index (κ3) is 2.94. The first-order valence-electron chi connectivity index (χ1n) is 6.77. The zero-order chi connectivity index (χ0) is 15.7. The monoisotopic (exact) mass is 296 g/mol. The number of nitrogens with two attached hydrogens (primary N) is 1. The van der Waals surface area contributed by atoms with Gasteiger partial charge in [-0.3, -0.25) is 4.98 Å². The molecule has 3 N–H and O–H groups in total. The van der Waals surface area contributed by atoms with Crippen LogP contribution in [-0.2, 0) is 0 Å². The molecule has 22 heavy (non-hydrogen) atoms. The Balaban J connectivity index is 2.08. The number of fused-ring (bicyclic) bond motifs is 1. The van der Waals surface area contributed by atoms with Gasteiger partial charge >= 0.3 is 0 Å². The first kappa shape index (κ1) is 14.2. The Bertz CT molecular complexity index is 847. The Labute approximate surface area is 127 Å². The van der Waals surface area contributed by atoms with E-state index in [2.05, 4.69) is 20.1 Å². The van der Waals surface area contributed by atoms with Crippen molar-refractivity contribution in [2.75, 3.05) is 5.73 Å². The summed E-state index contributed by atoms with van der Waals surface area (Å²) >= 11 is 0. The number of aromatic nitrogens is 5. The second-order valence-electron chi connectivity index (χ2n) is 5.48. The van der Waals surface area contributed by atoms with Gasteiger partial charge in [0.15, 0.2) is 5.82 Å². The summed E-state index contributed by atoms with van der Waals surface area (Å²) in [4.78, 5) is 12.4. The van der Waals surface area contributed by atoms with Gasteiger partial charge in [0.25, 0.3) is 0 Å². The minimum atomic E-state index is -0.891. The van der Waals surface area contributed by atoms with E-state index in [-0.39, 0.29) is 5.95 Å². The summed E-state index contributed by atoms with van der Waals surface area (Å²) in [5.74, 6) is 0.781. The molecule has 3 aromatic heterocycles. The normalized spacial score (nSPS) is 12.3. The fraction of sp³-hybridized carbons (Fsp3) is 0.200. The van der Waals surface area contributed by atoms with Gasteiger partial charge in [-0.15, -0.1) is 0 Å². The van der Waals surface area contributed by atoms with Crippen LogP contribution in [0, 0.1) is 0 Å². The number of nitrogen functional groups attached to an aromatic ring is 1. The highest BCUT2D eigenvalue weighted by Crippen LogP contribution is 2.18. The molecule has 3 rings (SSSR count). The molecule has 7 heteroatoms. The van der Waals surface area contributed by atoms with Crippen molar-refractivity contribution in [3.05, 3.63) is 42.5 Å². The minimum absolute atomic E-state index is 0.192. The van der Waals surface area contributed by atoms with E-state index in [1.807, 2.05) is 6.07 Å². The van der Waals surface area contributed by atoms with E-state index in [0.717, 1.165) is 16.6 Å². The van der Waals surface area contributed by atoms with Gasteiger partial charge in [0.05, 0.1) is 23.0 Å².